The van der Waals surface area contributed by atoms with Gasteiger partial charge in [-0.15, -0.1) is 11.6 Å². The minimum atomic E-state index is -0.279. The molecule has 90 valence electrons. The number of rotatable bonds is 7. The molecular formula is C12H18ClFN2. The van der Waals surface area contributed by atoms with Gasteiger partial charge < -0.3 is 0 Å². The van der Waals surface area contributed by atoms with Crippen LogP contribution in [0.5, 0.6) is 0 Å². The Morgan fingerprint density at radius 2 is 2.19 bits per heavy atom. The van der Waals surface area contributed by atoms with Gasteiger partial charge in [0, 0.05) is 25.2 Å². The van der Waals surface area contributed by atoms with E-state index in [1.54, 1.807) is 6.20 Å². The molecule has 0 amide bonds. The van der Waals surface area contributed by atoms with E-state index < -0.39 is 0 Å². The molecule has 4 heteroatoms. The number of hydrogen-bond acceptors (Lipinski definition) is 2. The predicted octanol–water partition coefficient (Wildman–Crippen LogP) is 3.06. The van der Waals surface area contributed by atoms with Crippen molar-refractivity contribution in [2.45, 2.75) is 26.3 Å². The van der Waals surface area contributed by atoms with Crippen molar-refractivity contribution in [2.75, 3.05) is 19.0 Å². The molecule has 0 N–H and O–H groups in total. The van der Waals surface area contributed by atoms with E-state index in [4.69, 9.17) is 11.6 Å². The maximum atomic E-state index is 12.9. The summed E-state index contributed by atoms with van der Waals surface area (Å²) in [5.74, 6) is 0.325. The molecule has 0 aliphatic heterocycles. The van der Waals surface area contributed by atoms with E-state index >= 15 is 0 Å². The van der Waals surface area contributed by atoms with E-state index in [1.165, 1.54) is 12.3 Å². The summed E-state index contributed by atoms with van der Waals surface area (Å²) < 4.78 is 12.9. The monoisotopic (exact) mass is 244 g/mol. The molecule has 1 heterocycles. The van der Waals surface area contributed by atoms with Crippen molar-refractivity contribution < 1.29 is 4.39 Å². The summed E-state index contributed by atoms with van der Waals surface area (Å²) >= 11 is 5.74. The third-order valence-corrected chi connectivity index (χ3v) is 2.57. The lowest BCUT2D eigenvalue weighted by molar-refractivity contribution is 0.276. The molecule has 0 saturated carbocycles. The predicted molar refractivity (Wildman–Crippen MR) is 65.1 cm³/mol. The minimum absolute atomic E-state index is 0.279. The molecule has 0 saturated heterocycles. The quantitative estimate of drug-likeness (QED) is 0.686. The first-order valence-corrected chi connectivity index (χ1v) is 6.17. The molecule has 0 radical (unpaired) electrons. The van der Waals surface area contributed by atoms with Crippen LogP contribution in [0.25, 0.3) is 0 Å². The van der Waals surface area contributed by atoms with Crippen LogP contribution in [-0.2, 0) is 6.54 Å². The lowest BCUT2D eigenvalue weighted by Crippen LogP contribution is -2.26. The van der Waals surface area contributed by atoms with Crippen LogP contribution in [0.2, 0.25) is 0 Å². The van der Waals surface area contributed by atoms with Gasteiger partial charge in [-0.1, -0.05) is 13.3 Å². The van der Waals surface area contributed by atoms with Crippen molar-refractivity contribution in [2.24, 2.45) is 0 Å². The average molecular weight is 245 g/mol. The Kier molecular flexibility index (Phi) is 6.34. The molecule has 0 fully saturated rings. The van der Waals surface area contributed by atoms with Gasteiger partial charge in [0.25, 0.3) is 0 Å². The molecule has 16 heavy (non-hydrogen) atoms. The van der Waals surface area contributed by atoms with Crippen molar-refractivity contribution in [3.05, 3.63) is 29.8 Å². The van der Waals surface area contributed by atoms with Crippen molar-refractivity contribution in [1.82, 2.24) is 9.88 Å². The molecule has 0 aliphatic carbocycles. The zero-order valence-corrected chi connectivity index (χ0v) is 10.4. The first-order chi connectivity index (χ1) is 7.76. The summed E-state index contributed by atoms with van der Waals surface area (Å²) in [6.45, 7) is 4.71. The molecule has 0 unspecified atom stereocenters. The van der Waals surface area contributed by atoms with E-state index in [1.807, 2.05) is 0 Å². The molecule has 1 aromatic heterocycles. The van der Waals surface area contributed by atoms with Crippen molar-refractivity contribution in [3.63, 3.8) is 0 Å². The largest absolute Gasteiger partial charge is 0.298 e. The smallest absolute Gasteiger partial charge is 0.141 e. The fraction of sp³-hybridized carbons (Fsp3) is 0.583. The van der Waals surface area contributed by atoms with Gasteiger partial charge in [-0.05, 0) is 24.6 Å². The van der Waals surface area contributed by atoms with Gasteiger partial charge in [-0.3, -0.25) is 9.88 Å². The second kappa shape index (κ2) is 7.58. The molecule has 1 aromatic rings. The van der Waals surface area contributed by atoms with Crippen molar-refractivity contribution >= 4 is 11.6 Å². The highest BCUT2D eigenvalue weighted by molar-refractivity contribution is 6.18. The van der Waals surface area contributed by atoms with Crippen LogP contribution in [0, 0.1) is 5.82 Å². The Balaban J connectivity index is 2.52. The van der Waals surface area contributed by atoms with Gasteiger partial charge in [0.2, 0.25) is 0 Å². The summed E-state index contributed by atoms with van der Waals surface area (Å²) in [5, 5.41) is 0. The highest BCUT2D eigenvalue weighted by atomic mass is 35.5. The summed E-state index contributed by atoms with van der Waals surface area (Å²) in [6.07, 6.45) is 5.22. The molecule has 2 nitrogen and oxygen atoms in total. The number of halogens is 2. The Hall–Kier alpha value is -0.670. The van der Waals surface area contributed by atoms with Crippen LogP contribution < -0.4 is 0 Å². The standard InChI is InChI=1S/C12H18ClFN2/c1-2-3-5-16(6-4-13)10-11-7-12(14)9-15-8-11/h7-9H,2-6,10H2,1H3. The lowest BCUT2D eigenvalue weighted by atomic mass is 10.2. The normalized spacial score (nSPS) is 11.0. The zero-order valence-electron chi connectivity index (χ0n) is 9.63. The summed E-state index contributed by atoms with van der Waals surface area (Å²) in [6, 6.07) is 1.53. The summed E-state index contributed by atoms with van der Waals surface area (Å²) in [5.41, 5.74) is 0.904. The highest BCUT2D eigenvalue weighted by Gasteiger charge is 2.05. The van der Waals surface area contributed by atoms with Crippen LogP contribution in [0.1, 0.15) is 25.3 Å². The van der Waals surface area contributed by atoms with Gasteiger partial charge in [0.05, 0.1) is 6.20 Å². The zero-order chi connectivity index (χ0) is 11.8. The summed E-state index contributed by atoms with van der Waals surface area (Å²) in [4.78, 5) is 6.07. The van der Waals surface area contributed by atoms with Crippen LogP contribution in [-0.4, -0.2) is 28.9 Å². The Morgan fingerprint density at radius 3 is 2.81 bits per heavy atom. The third kappa shape index (κ3) is 4.90. The number of aromatic nitrogens is 1. The number of nitrogens with zero attached hydrogens (tertiary/aromatic N) is 2. The second-order valence-corrected chi connectivity index (χ2v) is 4.21. The van der Waals surface area contributed by atoms with Crippen molar-refractivity contribution in [1.29, 1.82) is 0 Å². The van der Waals surface area contributed by atoms with Crippen LogP contribution in [0.15, 0.2) is 18.5 Å². The van der Waals surface area contributed by atoms with E-state index in [2.05, 4.69) is 16.8 Å². The van der Waals surface area contributed by atoms with Crippen LogP contribution >= 0.6 is 11.6 Å². The Bertz CT molecular complexity index is 307. The molecule has 0 spiro atoms. The maximum Gasteiger partial charge on any atom is 0.141 e. The van der Waals surface area contributed by atoms with Gasteiger partial charge in [0.1, 0.15) is 5.82 Å². The van der Waals surface area contributed by atoms with E-state index in [-0.39, 0.29) is 5.82 Å². The highest BCUT2D eigenvalue weighted by Crippen LogP contribution is 2.07. The van der Waals surface area contributed by atoms with Gasteiger partial charge in [-0.25, -0.2) is 4.39 Å². The number of unbranched alkanes of at least 4 members (excludes halogenated alkanes) is 1. The molecule has 0 aliphatic rings. The fourth-order valence-corrected chi connectivity index (χ4v) is 1.81. The number of pyridine rings is 1. The lowest BCUT2D eigenvalue weighted by Gasteiger charge is -2.20. The van der Waals surface area contributed by atoms with Gasteiger partial charge in [0.15, 0.2) is 0 Å². The average Bonchev–Trinajstić information content (AvgIpc) is 2.26. The third-order valence-electron chi connectivity index (χ3n) is 2.40. The van der Waals surface area contributed by atoms with Crippen molar-refractivity contribution in [3.8, 4) is 0 Å². The summed E-state index contributed by atoms with van der Waals surface area (Å²) in [7, 11) is 0. The first kappa shape index (κ1) is 13.4. The molecule has 0 atom stereocenters. The first-order valence-electron chi connectivity index (χ1n) is 5.64. The van der Waals surface area contributed by atoms with E-state index in [0.717, 1.165) is 38.0 Å². The second-order valence-electron chi connectivity index (χ2n) is 3.83. The van der Waals surface area contributed by atoms with E-state index in [0.29, 0.717) is 5.88 Å². The number of hydrogen-bond donors (Lipinski definition) is 0. The topological polar surface area (TPSA) is 16.1 Å². The fourth-order valence-electron chi connectivity index (χ4n) is 1.57. The Morgan fingerprint density at radius 1 is 1.38 bits per heavy atom. The molecular weight excluding hydrogens is 227 g/mol. The minimum Gasteiger partial charge on any atom is -0.298 e. The molecule has 1 rings (SSSR count). The number of alkyl halides is 1. The van der Waals surface area contributed by atoms with Gasteiger partial charge in [-0.2, -0.15) is 0 Å². The molecule has 0 aromatic carbocycles. The Labute approximate surface area is 101 Å². The van der Waals surface area contributed by atoms with Crippen LogP contribution in [0.3, 0.4) is 0 Å². The van der Waals surface area contributed by atoms with Crippen LogP contribution in [0.4, 0.5) is 4.39 Å². The maximum absolute atomic E-state index is 12.9. The van der Waals surface area contributed by atoms with E-state index in [9.17, 15) is 4.39 Å². The SMILES string of the molecule is CCCCN(CCCl)Cc1cncc(F)c1. The molecule has 0 bridgehead atoms. The van der Waals surface area contributed by atoms with Gasteiger partial charge >= 0.3 is 0 Å².